The van der Waals surface area contributed by atoms with Crippen molar-refractivity contribution in [3.05, 3.63) is 69.3 Å². The molecule has 2 N–H and O–H groups in total. The standard InChI is InChI=1S/C16H13BrN4OS/c17-12-3-1-10(2-4-12)9-13-15(22)21-16(23-13)19-14(20-21)11-5-7-18-8-6-11/h1-9,14,16,19-20H/b13-9-. The van der Waals surface area contributed by atoms with E-state index in [0.717, 1.165) is 20.5 Å². The van der Waals surface area contributed by atoms with E-state index in [1.54, 1.807) is 17.4 Å². The molecule has 3 heterocycles. The molecule has 23 heavy (non-hydrogen) atoms. The minimum absolute atomic E-state index is 0.00743. The predicted octanol–water partition coefficient (Wildman–Crippen LogP) is 2.85. The number of halogens is 1. The van der Waals surface area contributed by atoms with E-state index < -0.39 is 0 Å². The van der Waals surface area contributed by atoms with Gasteiger partial charge in [-0.1, -0.05) is 39.8 Å². The lowest BCUT2D eigenvalue weighted by molar-refractivity contribution is -0.127. The second kappa shape index (κ2) is 6.09. The molecule has 1 amide bonds. The number of thioether (sulfide) groups is 1. The zero-order valence-corrected chi connectivity index (χ0v) is 14.3. The third-order valence-corrected chi connectivity index (χ3v) is 5.33. The van der Waals surface area contributed by atoms with Gasteiger partial charge >= 0.3 is 0 Å². The number of hydrogen-bond donors (Lipinski definition) is 2. The van der Waals surface area contributed by atoms with Gasteiger partial charge in [-0.25, -0.2) is 10.4 Å². The van der Waals surface area contributed by atoms with Crippen LogP contribution in [-0.4, -0.2) is 21.4 Å². The first-order valence-corrected chi connectivity index (χ1v) is 8.77. The zero-order valence-electron chi connectivity index (χ0n) is 11.9. The number of nitrogens with one attached hydrogen (secondary N) is 2. The number of carbonyl (C=O) groups is 1. The maximum Gasteiger partial charge on any atom is 0.276 e. The summed E-state index contributed by atoms with van der Waals surface area (Å²) < 4.78 is 1.02. The van der Waals surface area contributed by atoms with E-state index in [0.29, 0.717) is 0 Å². The number of carbonyl (C=O) groups excluding carboxylic acids is 1. The average molecular weight is 389 g/mol. The number of rotatable bonds is 2. The number of benzene rings is 1. The molecule has 7 heteroatoms. The topological polar surface area (TPSA) is 57.3 Å². The predicted molar refractivity (Wildman–Crippen MR) is 93.6 cm³/mol. The molecule has 2 fully saturated rings. The minimum atomic E-state index is -0.0950. The molecule has 5 nitrogen and oxygen atoms in total. The number of fused-ring (bicyclic) bond motifs is 1. The van der Waals surface area contributed by atoms with Crippen LogP contribution in [-0.2, 0) is 4.79 Å². The van der Waals surface area contributed by atoms with Gasteiger partial charge in [0.25, 0.3) is 5.91 Å². The van der Waals surface area contributed by atoms with Crippen LogP contribution in [0.15, 0.2) is 58.2 Å². The molecule has 0 radical (unpaired) electrons. The Kier molecular flexibility index (Phi) is 3.94. The van der Waals surface area contributed by atoms with Crippen molar-refractivity contribution in [2.24, 2.45) is 0 Å². The lowest BCUT2D eigenvalue weighted by atomic mass is 10.2. The van der Waals surface area contributed by atoms with Crippen molar-refractivity contribution in [1.29, 1.82) is 0 Å². The van der Waals surface area contributed by atoms with Crippen LogP contribution >= 0.6 is 27.7 Å². The van der Waals surface area contributed by atoms with Crippen molar-refractivity contribution in [1.82, 2.24) is 20.7 Å². The van der Waals surface area contributed by atoms with Gasteiger partial charge in [-0.3, -0.25) is 15.1 Å². The van der Waals surface area contributed by atoms with Crippen molar-refractivity contribution < 1.29 is 4.79 Å². The van der Waals surface area contributed by atoms with Crippen molar-refractivity contribution in [3.63, 3.8) is 0 Å². The Morgan fingerprint density at radius 1 is 1.17 bits per heavy atom. The van der Waals surface area contributed by atoms with Crippen LogP contribution < -0.4 is 10.7 Å². The van der Waals surface area contributed by atoms with Crippen LogP contribution in [0.2, 0.25) is 0 Å². The second-order valence-electron chi connectivity index (χ2n) is 5.21. The van der Waals surface area contributed by atoms with Crippen molar-refractivity contribution >= 4 is 39.7 Å². The molecule has 2 unspecified atom stereocenters. The molecule has 2 aromatic rings. The fraction of sp³-hybridized carbons (Fsp3) is 0.125. The first-order chi connectivity index (χ1) is 11.2. The Morgan fingerprint density at radius 3 is 2.61 bits per heavy atom. The zero-order chi connectivity index (χ0) is 15.8. The monoisotopic (exact) mass is 388 g/mol. The van der Waals surface area contributed by atoms with Gasteiger partial charge in [0.15, 0.2) is 5.50 Å². The first-order valence-electron chi connectivity index (χ1n) is 7.10. The second-order valence-corrected chi connectivity index (χ2v) is 7.25. The van der Waals surface area contributed by atoms with Crippen LogP contribution in [0, 0.1) is 0 Å². The molecule has 4 rings (SSSR count). The van der Waals surface area contributed by atoms with Crippen LogP contribution in [0.1, 0.15) is 17.3 Å². The van der Waals surface area contributed by atoms with Crippen molar-refractivity contribution in [2.45, 2.75) is 11.7 Å². The van der Waals surface area contributed by atoms with Gasteiger partial charge in [0.1, 0.15) is 6.17 Å². The molecule has 0 saturated carbocycles. The first kappa shape index (κ1) is 14.9. The molecule has 2 saturated heterocycles. The summed E-state index contributed by atoms with van der Waals surface area (Å²) in [6.45, 7) is 0. The lowest BCUT2D eigenvalue weighted by Crippen LogP contribution is -2.37. The summed E-state index contributed by atoms with van der Waals surface area (Å²) in [5.41, 5.74) is 5.19. The largest absolute Gasteiger partial charge is 0.276 e. The highest BCUT2D eigenvalue weighted by atomic mass is 79.9. The quantitative estimate of drug-likeness (QED) is 0.774. The Bertz CT molecular complexity index is 765. The average Bonchev–Trinajstić information content (AvgIpc) is 3.11. The van der Waals surface area contributed by atoms with Crippen LogP contribution in [0.4, 0.5) is 0 Å². The molecular weight excluding hydrogens is 376 g/mol. The highest BCUT2D eigenvalue weighted by Crippen LogP contribution is 2.38. The molecular formula is C16H13BrN4OS. The summed E-state index contributed by atoms with van der Waals surface area (Å²) in [6.07, 6.45) is 5.34. The lowest BCUT2D eigenvalue weighted by Gasteiger charge is -2.13. The van der Waals surface area contributed by atoms with E-state index >= 15 is 0 Å². The summed E-state index contributed by atoms with van der Waals surface area (Å²) in [7, 11) is 0. The summed E-state index contributed by atoms with van der Waals surface area (Å²) in [5, 5.41) is 5.06. The van der Waals surface area contributed by atoms with Gasteiger partial charge in [0, 0.05) is 16.9 Å². The smallest absolute Gasteiger partial charge is 0.267 e. The minimum Gasteiger partial charge on any atom is -0.267 e. The molecule has 0 aliphatic carbocycles. The maximum atomic E-state index is 12.5. The van der Waals surface area contributed by atoms with E-state index in [1.807, 2.05) is 42.5 Å². The van der Waals surface area contributed by atoms with Gasteiger partial charge < -0.3 is 0 Å². The van der Waals surface area contributed by atoms with E-state index in [-0.39, 0.29) is 17.6 Å². The number of nitrogens with zero attached hydrogens (tertiary/aromatic N) is 2. The summed E-state index contributed by atoms with van der Waals surface area (Å²) in [6, 6.07) is 11.8. The Hall–Kier alpha value is -1.67. The van der Waals surface area contributed by atoms with Crippen LogP contribution in [0.5, 0.6) is 0 Å². The normalized spacial score (nSPS) is 25.2. The van der Waals surface area contributed by atoms with E-state index in [1.165, 1.54) is 11.8 Å². The van der Waals surface area contributed by atoms with Gasteiger partial charge in [0.05, 0.1) is 4.91 Å². The third-order valence-electron chi connectivity index (χ3n) is 3.69. The van der Waals surface area contributed by atoms with E-state index in [9.17, 15) is 4.79 Å². The van der Waals surface area contributed by atoms with Gasteiger partial charge in [-0.05, 0) is 41.5 Å². The van der Waals surface area contributed by atoms with Gasteiger partial charge in [0.2, 0.25) is 0 Å². The van der Waals surface area contributed by atoms with Crippen molar-refractivity contribution in [3.8, 4) is 0 Å². The molecule has 116 valence electrons. The van der Waals surface area contributed by atoms with E-state index in [2.05, 4.69) is 31.7 Å². The maximum absolute atomic E-state index is 12.5. The Morgan fingerprint density at radius 2 is 1.91 bits per heavy atom. The summed E-state index contributed by atoms with van der Waals surface area (Å²) in [4.78, 5) is 17.3. The Balaban J connectivity index is 1.51. The molecule has 1 aromatic carbocycles. The van der Waals surface area contributed by atoms with Crippen molar-refractivity contribution in [2.75, 3.05) is 0 Å². The SMILES string of the molecule is O=C1/C(=C/c2ccc(Br)cc2)SC2NC(c3ccncc3)NN12. The number of hydrazine groups is 1. The van der Waals surface area contributed by atoms with Crippen LogP contribution in [0.25, 0.3) is 6.08 Å². The summed E-state index contributed by atoms with van der Waals surface area (Å²) >= 11 is 4.94. The number of amides is 1. The number of pyridine rings is 1. The fourth-order valence-corrected chi connectivity index (χ4v) is 3.91. The molecule has 1 aromatic heterocycles. The molecule has 2 aliphatic heterocycles. The molecule has 0 bridgehead atoms. The molecule has 0 spiro atoms. The van der Waals surface area contributed by atoms with E-state index in [4.69, 9.17) is 0 Å². The van der Waals surface area contributed by atoms with Gasteiger partial charge in [-0.15, -0.1) is 0 Å². The fourth-order valence-electron chi connectivity index (χ4n) is 2.54. The van der Waals surface area contributed by atoms with Gasteiger partial charge in [-0.2, -0.15) is 0 Å². The number of hydrogen-bond acceptors (Lipinski definition) is 5. The molecule has 2 atom stereocenters. The number of aromatic nitrogens is 1. The highest BCUT2D eigenvalue weighted by molar-refractivity contribution is 9.10. The highest BCUT2D eigenvalue weighted by Gasteiger charge is 2.43. The third kappa shape index (κ3) is 2.92. The summed E-state index contributed by atoms with van der Waals surface area (Å²) in [5.74, 6) is -0.00743. The van der Waals surface area contributed by atoms with Crippen LogP contribution in [0.3, 0.4) is 0 Å². The Labute approximate surface area is 146 Å². The molecule has 2 aliphatic rings.